The van der Waals surface area contributed by atoms with Gasteiger partial charge in [-0.2, -0.15) is 0 Å². The third kappa shape index (κ3) is 4.06. The van der Waals surface area contributed by atoms with Gasteiger partial charge in [0.05, 0.1) is 5.84 Å². The molecule has 0 aliphatic rings. The Morgan fingerprint density at radius 1 is 1.27 bits per heavy atom. The fraction of sp³-hybridized carbons (Fsp3) is 0.364. The number of hydrogen-bond donors (Lipinski definition) is 1. The van der Waals surface area contributed by atoms with Crippen LogP contribution in [0.2, 0.25) is 0 Å². The Balaban J connectivity index is 2.72. The van der Waals surface area contributed by atoms with Crippen LogP contribution in [-0.2, 0) is 6.42 Å². The van der Waals surface area contributed by atoms with E-state index in [0.717, 1.165) is 12.5 Å². The lowest BCUT2D eigenvalue weighted by molar-refractivity contribution is 0.581. The normalized spacial score (nSPS) is 11.8. The average Bonchev–Trinajstić information content (AvgIpc) is 2.13. The SMILES string of the molecule is CCCN=C(N)Cc1cc(F)cc(F)c1. The number of nitrogens with zero attached hydrogens (tertiary/aromatic N) is 1. The Morgan fingerprint density at radius 3 is 2.40 bits per heavy atom. The molecule has 1 aromatic carbocycles. The van der Waals surface area contributed by atoms with Crippen molar-refractivity contribution in [2.45, 2.75) is 19.8 Å². The highest BCUT2D eigenvalue weighted by atomic mass is 19.1. The van der Waals surface area contributed by atoms with Crippen molar-refractivity contribution in [1.29, 1.82) is 0 Å². The van der Waals surface area contributed by atoms with E-state index >= 15 is 0 Å². The largest absolute Gasteiger partial charge is 0.387 e. The van der Waals surface area contributed by atoms with Crippen LogP contribution in [0.1, 0.15) is 18.9 Å². The number of amidine groups is 1. The first-order valence-corrected chi connectivity index (χ1v) is 4.85. The third-order valence-corrected chi connectivity index (χ3v) is 1.85. The number of rotatable bonds is 4. The van der Waals surface area contributed by atoms with Crippen molar-refractivity contribution in [2.75, 3.05) is 6.54 Å². The molecule has 0 saturated heterocycles. The molecule has 0 fully saturated rings. The van der Waals surface area contributed by atoms with Gasteiger partial charge in [-0.3, -0.25) is 4.99 Å². The Bertz CT molecular complexity index is 341. The highest BCUT2D eigenvalue weighted by molar-refractivity contribution is 5.82. The van der Waals surface area contributed by atoms with Crippen LogP contribution in [0, 0.1) is 11.6 Å². The molecule has 0 spiro atoms. The smallest absolute Gasteiger partial charge is 0.126 e. The molecule has 4 heteroatoms. The fourth-order valence-electron chi connectivity index (χ4n) is 1.23. The quantitative estimate of drug-likeness (QED) is 0.603. The number of aliphatic imine (C=N–C) groups is 1. The Hall–Kier alpha value is -1.45. The first-order chi connectivity index (χ1) is 7.11. The van der Waals surface area contributed by atoms with Crippen LogP contribution in [-0.4, -0.2) is 12.4 Å². The number of nitrogens with two attached hydrogens (primary N) is 1. The first kappa shape index (κ1) is 11.6. The molecule has 82 valence electrons. The van der Waals surface area contributed by atoms with E-state index < -0.39 is 11.6 Å². The predicted octanol–water partition coefficient (Wildman–Crippen LogP) is 2.27. The number of hydrogen-bond acceptors (Lipinski definition) is 1. The van der Waals surface area contributed by atoms with Crippen molar-refractivity contribution in [3.05, 3.63) is 35.4 Å². The zero-order chi connectivity index (χ0) is 11.3. The minimum absolute atomic E-state index is 0.286. The average molecular weight is 212 g/mol. The molecule has 0 heterocycles. The van der Waals surface area contributed by atoms with Crippen LogP contribution in [0.15, 0.2) is 23.2 Å². The summed E-state index contributed by atoms with van der Waals surface area (Å²) in [5, 5.41) is 0. The second kappa shape index (κ2) is 5.44. The van der Waals surface area contributed by atoms with Gasteiger partial charge in [-0.25, -0.2) is 8.78 Å². The molecule has 0 aromatic heterocycles. The monoisotopic (exact) mass is 212 g/mol. The minimum atomic E-state index is -0.590. The summed E-state index contributed by atoms with van der Waals surface area (Å²) in [4.78, 5) is 4.05. The Labute approximate surface area is 87.8 Å². The van der Waals surface area contributed by atoms with E-state index in [9.17, 15) is 8.78 Å². The maximum Gasteiger partial charge on any atom is 0.126 e. The van der Waals surface area contributed by atoms with Crippen LogP contribution in [0.4, 0.5) is 8.78 Å². The molecule has 0 aliphatic heterocycles. The second-order valence-corrected chi connectivity index (χ2v) is 3.33. The molecule has 2 N–H and O–H groups in total. The summed E-state index contributed by atoms with van der Waals surface area (Å²) in [6.45, 7) is 2.63. The minimum Gasteiger partial charge on any atom is -0.387 e. The summed E-state index contributed by atoms with van der Waals surface area (Å²) >= 11 is 0. The predicted molar refractivity (Wildman–Crippen MR) is 56.8 cm³/mol. The third-order valence-electron chi connectivity index (χ3n) is 1.85. The van der Waals surface area contributed by atoms with E-state index in [1.165, 1.54) is 12.1 Å². The van der Waals surface area contributed by atoms with Gasteiger partial charge < -0.3 is 5.73 Å². The van der Waals surface area contributed by atoms with Crippen LogP contribution in [0.25, 0.3) is 0 Å². The maximum atomic E-state index is 12.8. The molecule has 0 aliphatic carbocycles. The molecule has 0 bridgehead atoms. The summed E-state index contributed by atoms with van der Waals surface area (Å²) in [7, 11) is 0. The Morgan fingerprint density at radius 2 is 1.87 bits per heavy atom. The summed E-state index contributed by atoms with van der Waals surface area (Å²) in [5.74, 6) is -0.775. The zero-order valence-electron chi connectivity index (χ0n) is 8.63. The Kier molecular flexibility index (Phi) is 4.21. The fourth-order valence-corrected chi connectivity index (χ4v) is 1.23. The van der Waals surface area contributed by atoms with Crippen molar-refractivity contribution < 1.29 is 8.78 Å². The highest BCUT2D eigenvalue weighted by Crippen LogP contribution is 2.08. The molecular formula is C11H14F2N2. The molecule has 0 radical (unpaired) electrons. The van der Waals surface area contributed by atoms with Crippen LogP contribution in [0.3, 0.4) is 0 Å². The molecule has 0 saturated carbocycles. The maximum absolute atomic E-state index is 12.8. The van der Waals surface area contributed by atoms with Gasteiger partial charge in [0.1, 0.15) is 11.6 Å². The molecule has 0 unspecified atom stereocenters. The van der Waals surface area contributed by atoms with Crippen molar-refractivity contribution in [2.24, 2.45) is 10.7 Å². The number of benzene rings is 1. The summed E-state index contributed by atoms with van der Waals surface area (Å²) in [6, 6.07) is 3.36. The van der Waals surface area contributed by atoms with Gasteiger partial charge in [-0.05, 0) is 24.1 Å². The van der Waals surface area contributed by atoms with E-state index in [0.29, 0.717) is 17.9 Å². The van der Waals surface area contributed by atoms with Gasteiger partial charge in [0.15, 0.2) is 0 Å². The summed E-state index contributed by atoms with van der Waals surface area (Å²) in [5.41, 5.74) is 6.10. The zero-order valence-corrected chi connectivity index (χ0v) is 8.63. The van der Waals surface area contributed by atoms with Gasteiger partial charge in [0.25, 0.3) is 0 Å². The lowest BCUT2D eigenvalue weighted by atomic mass is 10.1. The van der Waals surface area contributed by atoms with Crippen molar-refractivity contribution in [3.8, 4) is 0 Å². The summed E-state index contributed by atoms with van der Waals surface area (Å²) < 4.78 is 25.6. The highest BCUT2D eigenvalue weighted by Gasteiger charge is 2.02. The molecule has 1 aromatic rings. The van der Waals surface area contributed by atoms with E-state index in [1.54, 1.807) is 0 Å². The van der Waals surface area contributed by atoms with E-state index in [1.807, 2.05) is 6.92 Å². The van der Waals surface area contributed by atoms with E-state index in [-0.39, 0.29) is 6.42 Å². The summed E-state index contributed by atoms with van der Waals surface area (Å²) in [6.07, 6.45) is 1.19. The molecule has 15 heavy (non-hydrogen) atoms. The lowest BCUT2D eigenvalue weighted by Crippen LogP contribution is -2.15. The molecule has 0 atom stereocenters. The van der Waals surface area contributed by atoms with E-state index in [2.05, 4.69) is 4.99 Å². The van der Waals surface area contributed by atoms with Gasteiger partial charge in [0.2, 0.25) is 0 Å². The topological polar surface area (TPSA) is 38.4 Å². The van der Waals surface area contributed by atoms with E-state index in [4.69, 9.17) is 5.73 Å². The standard InChI is InChI=1S/C11H14F2N2/c1-2-3-15-11(14)6-8-4-9(12)7-10(13)5-8/h4-5,7H,2-3,6H2,1H3,(H2,14,15). The first-order valence-electron chi connectivity index (χ1n) is 4.85. The van der Waals surface area contributed by atoms with Crippen molar-refractivity contribution >= 4 is 5.84 Å². The van der Waals surface area contributed by atoms with Crippen LogP contribution in [0.5, 0.6) is 0 Å². The molecular weight excluding hydrogens is 198 g/mol. The van der Waals surface area contributed by atoms with Gasteiger partial charge in [-0.15, -0.1) is 0 Å². The van der Waals surface area contributed by atoms with Crippen molar-refractivity contribution in [3.63, 3.8) is 0 Å². The van der Waals surface area contributed by atoms with Gasteiger partial charge in [-0.1, -0.05) is 6.92 Å². The van der Waals surface area contributed by atoms with Gasteiger partial charge >= 0.3 is 0 Å². The number of halogens is 2. The van der Waals surface area contributed by atoms with Crippen LogP contribution >= 0.6 is 0 Å². The molecule has 2 nitrogen and oxygen atoms in total. The second-order valence-electron chi connectivity index (χ2n) is 3.33. The molecule has 1 rings (SSSR count). The van der Waals surface area contributed by atoms with Gasteiger partial charge in [0, 0.05) is 19.0 Å². The van der Waals surface area contributed by atoms with Crippen LogP contribution < -0.4 is 5.73 Å². The van der Waals surface area contributed by atoms with Crippen molar-refractivity contribution in [1.82, 2.24) is 0 Å². The lowest BCUT2D eigenvalue weighted by Gasteiger charge is -2.02. The molecule has 0 amide bonds.